The summed E-state index contributed by atoms with van der Waals surface area (Å²) in [6, 6.07) is 15.5. The molecule has 0 bridgehead atoms. The van der Waals surface area contributed by atoms with Crippen molar-refractivity contribution in [2.45, 2.75) is 31.4 Å². The van der Waals surface area contributed by atoms with Crippen molar-refractivity contribution < 1.29 is 19.5 Å². The molecule has 0 radical (unpaired) electrons. The van der Waals surface area contributed by atoms with Gasteiger partial charge in [-0.3, -0.25) is 19.7 Å². The van der Waals surface area contributed by atoms with Crippen LogP contribution in [-0.4, -0.2) is 45.5 Å². The number of ether oxygens (including phenoxy) is 1. The number of ketones is 1. The second-order valence-corrected chi connectivity index (χ2v) is 9.59. The summed E-state index contributed by atoms with van der Waals surface area (Å²) < 4.78 is 6.39. The van der Waals surface area contributed by atoms with E-state index in [0.29, 0.717) is 23.3 Å². The molecule has 1 saturated heterocycles. The summed E-state index contributed by atoms with van der Waals surface area (Å²) in [5, 5.41) is 11.8. The topological polar surface area (TPSA) is 91.8 Å². The Labute approximate surface area is 213 Å². The van der Waals surface area contributed by atoms with Crippen molar-refractivity contribution in [3.8, 4) is 16.3 Å². The van der Waals surface area contributed by atoms with Crippen molar-refractivity contribution >= 4 is 41.5 Å². The number of amides is 1. The summed E-state index contributed by atoms with van der Waals surface area (Å²) in [5.41, 5.74) is 4.53. The van der Waals surface area contributed by atoms with E-state index >= 15 is 0 Å². The monoisotopic (exact) mass is 511 g/mol. The maximum absolute atomic E-state index is 13.0. The molecule has 0 aliphatic carbocycles. The Hall–Kier alpha value is -3.04. The van der Waals surface area contributed by atoms with Gasteiger partial charge in [0.05, 0.1) is 17.7 Å². The van der Waals surface area contributed by atoms with Crippen LogP contribution in [0.4, 0.5) is 0 Å². The molecule has 1 aromatic heterocycles. The fourth-order valence-electron chi connectivity index (χ4n) is 4.54. The first kappa shape index (κ1) is 25.1. The lowest BCUT2D eigenvalue weighted by Crippen LogP contribution is -2.50. The lowest BCUT2D eigenvalue weighted by atomic mass is 9.82. The van der Waals surface area contributed by atoms with E-state index < -0.39 is 11.5 Å². The lowest BCUT2D eigenvalue weighted by Gasteiger charge is -2.43. The second kappa shape index (κ2) is 10.7. The molecule has 1 spiro atoms. The van der Waals surface area contributed by atoms with Gasteiger partial charge in [0.25, 0.3) is 5.91 Å². The van der Waals surface area contributed by atoms with E-state index in [9.17, 15) is 9.59 Å². The van der Waals surface area contributed by atoms with Gasteiger partial charge >= 0.3 is 0 Å². The van der Waals surface area contributed by atoms with Crippen molar-refractivity contribution in [2.24, 2.45) is 0 Å². The molecule has 0 unspecified atom stereocenters. The molecule has 0 saturated carbocycles. The average Bonchev–Trinajstić information content (AvgIpc) is 3.33. The zero-order valence-electron chi connectivity index (χ0n) is 19.0. The average molecular weight is 512 g/mol. The van der Waals surface area contributed by atoms with Gasteiger partial charge in [-0.1, -0.05) is 36.4 Å². The number of carbonyl (C=O) groups is 2. The third kappa shape index (κ3) is 5.62. The highest BCUT2D eigenvalue weighted by Gasteiger charge is 2.43. The molecule has 35 heavy (non-hydrogen) atoms. The number of rotatable bonds is 5. The van der Waals surface area contributed by atoms with Gasteiger partial charge in [0.15, 0.2) is 5.78 Å². The van der Waals surface area contributed by atoms with Crippen LogP contribution >= 0.6 is 23.7 Å². The van der Waals surface area contributed by atoms with Gasteiger partial charge in [-0.05, 0) is 23.8 Å². The maximum Gasteiger partial charge on any atom is 0.267 e. The molecule has 2 N–H and O–H groups in total. The molecule has 5 rings (SSSR count). The predicted octanol–water partition coefficient (Wildman–Crippen LogP) is 4.75. The number of hydrogen-bond acceptors (Lipinski definition) is 7. The zero-order valence-corrected chi connectivity index (χ0v) is 20.6. The number of likely N-dealkylation sites (tertiary alicyclic amines) is 1. The number of hydroxylamine groups is 1. The van der Waals surface area contributed by atoms with E-state index in [2.05, 4.69) is 22.4 Å². The van der Waals surface area contributed by atoms with Crippen LogP contribution in [0.25, 0.3) is 16.6 Å². The summed E-state index contributed by atoms with van der Waals surface area (Å²) >= 11 is 1.67. The SMILES string of the molecule is Cl.O=C(C=Cc1ccc2c(c1)C(=O)CC1(CCN(Cc3csc(-c4ccccc4)n3)CC1)O2)NO. The van der Waals surface area contributed by atoms with Crippen LogP contribution in [-0.2, 0) is 11.3 Å². The van der Waals surface area contributed by atoms with E-state index in [1.54, 1.807) is 41.1 Å². The highest BCUT2D eigenvalue weighted by Crippen LogP contribution is 2.40. The highest BCUT2D eigenvalue weighted by molar-refractivity contribution is 7.13. The van der Waals surface area contributed by atoms with Crippen molar-refractivity contribution in [1.29, 1.82) is 0 Å². The largest absolute Gasteiger partial charge is 0.486 e. The van der Waals surface area contributed by atoms with Gasteiger partial charge in [-0.25, -0.2) is 10.5 Å². The third-order valence-electron chi connectivity index (χ3n) is 6.38. The fraction of sp³-hybridized carbons (Fsp3) is 0.269. The quantitative estimate of drug-likeness (QED) is 0.292. The summed E-state index contributed by atoms with van der Waals surface area (Å²) in [7, 11) is 0. The van der Waals surface area contributed by atoms with Gasteiger partial charge in [0.1, 0.15) is 16.4 Å². The number of hydrogen-bond donors (Lipinski definition) is 2. The van der Waals surface area contributed by atoms with Crippen LogP contribution in [0.5, 0.6) is 5.75 Å². The van der Waals surface area contributed by atoms with Crippen LogP contribution in [0.3, 0.4) is 0 Å². The number of Topliss-reactive ketones (excluding diaryl/α,β-unsaturated/α-hetero) is 1. The molecule has 2 aromatic carbocycles. The number of carbonyl (C=O) groups excluding carboxylic acids is 2. The molecular weight excluding hydrogens is 486 g/mol. The summed E-state index contributed by atoms with van der Waals surface area (Å²) in [6.45, 7) is 2.48. The van der Waals surface area contributed by atoms with E-state index in [0.717, 1.165) is 48.7 Å². The smallest absolute Gasteiger partial charge is 0.267 e. The van der Waals surface area contributed by atoms with Crippen molar-refractivity contribution in [2.75, 3.05) is 13.1 Å². The van der Waals surface area contributed by atoms with Crippen LogP contribution in [0.15, 0.2) is 60.0 Å². The van der Waals surface area contributed by atoms with E-state index in [-0.39, 0.29) is 18.2 Å². The Bertz CT molecular complexity index is 1240. The molecule has 9 heteroatoms. The van der Waals surface area contributed by atoms with E-state index in [4.69, 9.17) is 14.9 Å². The summed E-state index contributed by atoms with van der Waals surface area (Å²) in [6.07, 6.45) is 4.67. The minimum atomic E-state index is -0.625. The number of halogens is 1. The Morgan fingerprint density at radius 3 is 2.71 bits per heavy atom. The lowest BCUT2D eigenvalue weighted by molar-refractivity contribution is -0.124. The minimum Gasteiger partial charge on any atom is -0.486 e. The number of fused-ring (bicyclic) bond motifs is 1. The van der Waals surface area contributed by atoms with Crippen molar-refractivity contribution in [3.63, 3.8) is 0 Å². The molecular formula is C26H26ClN3O4S. The fourth-order valence-corrected chi connectivity index (χ4v) is 5.36. The summed E-state index contributed by atoms with van der Waals surface area (Å²) in [5.74, 6) is 0.0315. The third-order valence-corrected chi connectivity index (χ3v) is 7.32. The minimum absolute atomic E-state index is 0. The highest BCUT2D eigenvalue weighted by atomic mass is 35.5. The Balaban J connectivity index is 0.00000289. The van der Waals surface area contributed by atoms with Gasteiger partial charge < -0.3 is 4.74 Å². The number of thiazole rings is 1. The van der Waals surface area contributed by atoms with E-state index in [1.165, 1.54) is 6.08 Å². The molecule has 3 heterocycles. The van der Waals surface area contributed by atoms with Gasteiger partial charge in [0.2, 0.25) is 0 Å². The number of benzene rings is 2. The summed E-state index contributed by atoms with van der Waals surface area (Å²) in [4.78, 5) is 31.4. The van der Waals surface area contributed by atoms with Crippen molar-refractivity contribution in [3.05, 3.63) is 76.8 Å². The number of aromatic nitrogens is 1. The van der Waals surface area contributed by atoms with Crippen LogP contribution in [0.2, 0.25) is 0 Å². The molecule has 0 atom stereocenters. The van der Waals surface area contributed by atoms with Crippen LogP contribution in [0.1, 0.15) is 40.9 Å². The standard InChI is InChI=1S/C26H25N3O4S.ClH/c30-22-15-26(33-23-8-6-18(14-21(22)23)7-9-24(31)28-32)10-12-29(13-11-26)16-20-17-34-25(27-20)19-4-2-1-3-5-19;/h1-9,14,17,32H,10-13,15-16H2,(H,28,31);1H. The maximum atomic E-state index is 13.0. The molecule has 182 valence electrons. The molecule has 7 nitrogen and oxygen atoms in total. The first-order valence-electron chi connectivity index (χ1n) is 11.2. The second-order valence-electron chi connectivity index (χ2n) is 8.74. The van der Waals surface area contributed by atoms with E-state index in [1.807, 2.05) is 18.2 Å². The molecule has 2 aliphatic rings. The number of nitrogens with zero attached hydrogens (tertiary/aromatic N) is 2. The molecule has 3 aromatic rings. The van der Waals surface area contributed by atoms with Gasteiger partial charge in [-0.2, -0.15) is 0 Å². The zero-order chi connectivity index (χ0) is 23.5. The number of nitrogens with one attached hydrogen (secondary N) is 1. The first-order chi connectivity index (χ1) is 16.5. The Kier molecular flexibility index (Phi) is 7.66. The van der Waals surface area contributed by atoms with Crippen LogP contribution < -0.4 is 10.2 Å². The van der Waals surface area contributed by atoms with Crippen molar-refractivity contribution in [1.82, 2.24) is 15.4 Å². The normalized spacial score (nSPS) is 17.0. The molecule has 1 fully saturated rings. The first-order valence-corrected chi connectivity index (χ1v) is 12.1. The number of piperidine rings is 1. The molecule has 1 amide bonds. The molecule has 2 aliphatic heterocycles. The van der Waals surface area contributed by atoms with Gasteiger partial charge in [-0.15, -0.1) is 23.7 Å². The van der Waals surface area contributed by atoms with Gasteiger partial charge in [0, 0.05) is 49.5 Å². The predicted molar refractivity (Wildman–Crippen MR) is 137 cm³/mol. The Morgan fingerprint density at radius 2 is 1.97 bits per heavy atom. The van der Waals surface area contributed by atoms with Crippen LogP contribution in [0, 0.1) is 0 Å². The Morgan fingerprint density at radius 1 is 1.20 bits per heavy atom.